The van der Waals surface area contributed by atoms with Gasteiger partial charge in [-0.2, -0.15) is 0 Å². The molecule has 138 valence electrons. The third-order valence-corrected chi connectivity index (χ3v) is 5.01. The number of anilines is 1. The van der Waals surface area contributed by atoms with Crippen molar-refractivity contribution in [3.05, 3.63) is 58.7 Å². The molecule has 1 aromatic carbocycles. The smallest absolute Gasteiger partial charge is 0.191 e. The molecular weight excluding hydrogens is 390 g/mol. The van der Waals surface area contributed by atoms with E-state index in [9.17, 15) is 0 Å². The molecule has 1 fully saturated rings. The highest BCUT2D eigenvalue weighted by atomic mass is 79.9. The van der Waals surface area contributed by atoms with Crippen LogP contribution in [0.1, 0.15) is 25.3 Å². The minimum absolute atomic E-state index is 0.442. The number of hydrogen-bond donors (Lipinski definition) is 2. The normalized spacial score (nSPS) is 15.8. The van der Waals surface area contributed by atoms with E-state index in [1.54, 1.807) is 0 Å². The maximum absolute atomic E-state index is 4.74. The highest BCUT2D eigenvalue weighted by Gasteiger charge is 2.20. The second-order valence-electron chi connectivity index (χ2n) is 6.42. The van der Waals surface area contributed by atoms with Crippen molar-refractivity contribution in [2.45, 2.75) is 32.4 Å². The Balaban J connectivity index is 1.53. The van der Waals surface area contributed by atoms with E-state index in [4.69, 9.17) is 4.99 Å². The van der Waals surface area contributed by atoms with Crippen molar-refractivity contribution in [3.8, 4) is 0 Å². The lowest BCUT2D eigenvalue weighted by Gasteiger charge is -2.33. The van der Waals surface area contributed by atoms with Gasteiger partial charge in [0.15, 0.2) is 5.96 Å². The summed E-state index contributed by atoms with van der Waals surface area (Å²) in [6, 6.07) is 14.8. The van der Waals surface area contributed by atoms with Crippen LogP contribution in [-0.2, 0) is 6.54 Å². The standard InChI is InChI=1S/C20H26BrN5/c1-2-22-20(24-15-16-6-8-17(21)9-7-16)25-18-10-13-26(14-11-18)19-5-3-4-12-23-19/h3-9,12,18H,2,10-11,13-15H2,1H3,(H2,22,24,25). The first kappa shape index (κ1) is 18.7. The minimum atomic E-state index is 0.442. The highest BCUT2D eigenvalue weighted by molar-refractivity contribution is 9.10. The van der Waals surface area contributed by atoms with Gasteiger partial charge in [0.1, 0.15) is 5.82 Å². The van der Waals surface area contributed by atoms with Gasteiger partial charge in [-0.15, -0.1) is 0 Å². The Morgan fingerprint density at radius 3 is 2.62 bits per heavy atom. The van der Waals surface area contributed by atoms with Crippen LogP contribution < -0.4 is 15.5 Å². The molecule has 2 aromatic rings. The lowest BCUT2D eigenvalue weighted by Crippen LogP contribution is -2.48. The van der Waals surface area contributed by atoms with Gasteiger partial charge in [0.05, 0.1) is 6.54 Å². The van der Waals surface area contributed by atoms with Gasteiger partial charge < -0.3 is 15.5 Å². The van der Waals surface area contributed by atoms with E-state index in [1.165, 1.54) is 5.56 Å². The Labute approximate surface area is 164 Å². The van der Waals surface area contributed by atoms with Crippen molar-refractivity contribution in [1.82, 2.24) is 15.6 Å². The maximum Gasteiger partial charge on any atom is 0.191 e. The van der Waals surface area contributed by atoms with Gasteiger partial charge >= 0.3 is 0 Å². The molecule has 6 heteroatoms. The van der Waals surface area contributed by atoms with Gasteiger partial charge in [-0.05, 0) is 49.6 Å². The summed E-state index contributed by atoms with van der Waals surface area (Å²) >= 11 is 3.47. The average Bonchev–Trinajstić information content (AvgIpc) is 2.69. The van der Waals surface area contributed by atoms with Gasteiger partial charge in [-0.1, -0.05) is 34.1 Å². The molecule has 0 radical (unpaired) electrons. The van der Waals surface area contributed by atoms with Crippen LogP contribution in [0.2, 0.25) is 0 Å². The average molecular weight is 416 g/mol. The third-order valence-electron chi connectivity index (χ3n) is 4.49. The Morgan fingerprint density at radius 1 is 1.19 bits per heavy atom. The van der Waals surface area contributed by atoms with Crippen LogP contribution in [0.3, 0.4) is 0 Å². The van der Waals surface area contributed by atoms with E-state index >= 15 is 0 Å². The molecule has 3 rings (SSSR count). The van der Waals surface area contributed by atoms with Gasteiger partial charge in [-0.3, -0.25) is 0 Å². The molecular formula is C20H26BrN5. The van der Waals surface area contributed by atoms with Crippen molar-refractivity contribution in [1.29, 1.82) is 0 Å². The summed E-state index contributed by atoms with van der Waals surface area (Å²) in [4.78, 5) is 11.5. The molecule has 2 N–H and O–H groups in total. The zero-order valence-electron chi connectivity index (χ0n) is 15.2. The summed E-state index contributed by atoms with van der Waals surface area (Å²) in [5.74, 6) is 1.97. The quantitative estimate of drug-likeness (QED) is 0.578. The molecule has 0 saturated carbocycles. The van der Waals surface area contributed by atoms with E-state index in [0.29, 0.717) is 12.6 Å². The number of halogens is 1. The van der Waals surface area contributed by atoms with E-state index in [-0.39, 0.29) is 0 Å². The second kappa shape index (κ2) is 9.57. The van der Waals surface area contributed by atoms with Gasteiger partial charge in [0.2, 0.25) is 0 Å². The van der Waals surface area contributed by atoms with E-state index < -0.39 is 0 Å². The van der Waals surface area contributed by atoms with Crippen LogP contribution in [0.4, 0.5) is 5.82 Å². The van der Waals surface area contributed by atoms with Crippen molar-refractivity contribution < 1.29 is 0 Å². The van der Waals surface area contributed by atoms with Crippen LogP contribution in [-0.4, -0.2) is 36.6 Å². The van der Waals surface area contributed by atoms with Crippen molar-refractivity contribution in [3.63, 3.8) is 0 Å². The molecule has 1 aromatic heterocycles. The molecule has 1 aliphatic heterocycles. The Hall–Kier alpha value is -2.08. The largest absolute Gasteiger partial charge is 0.357 e. The number of hydrogen-bond acceptors (Lipinski definition) is 3. The summed E-state index contributed by atoms with van der Waals surface area (Å²) in [7, 11) is 0. The lowest BCUT2D eigenvalue weighted by atomic mass is 10.1. The molecule has 0 aliphatic carbocycles. The number of guanidine groups is 1. The van der Waals surface area contributed by atoms with E-state index in [1.807, 2.05) is 18.3 Å². The van der Waals surface area contributed by atoms with Crippen LogP contribution in [0, 0.1) is 0 Å². The predicted octanol–water partition coefficient (Wildman–Crippen LogP) is 3.57. The molecule has 2 heterocycles. The zero-order valence-corrected chi connectivity index (χ0v) is 16.7. The monoisotopic (exact) mass is 415 g/mol. The number of aliphatic imine (C=N–C) groups is 1. The molecule has 0 bridgehead atoms. The van der Waals surface area contributed by atoms with Crippen molar-refractivity contribution in [2.24, 2.45) is 4.99 Å². The van der Waals surface area contributed by atoms with Gasteiger partial charge in [0.25, 0.3) is 0 Å². The third kappa shape index (κ3) is 5.46. The maximum atomic E-state index is 4.74. The number of piperidine rings is 1. The van der Waals surface area contributed by atoms with Gasteiger partial charge in [0, 0.05) is 36.3 Å². The molecule has 26 heavy (non-hydrogen) atoms. The van der Waals surface area contributed by atoms with Crippen molar-refractivity contribution in [2.75, 3.05) is 24.5 Å². The fourth-order valence-corrected chi connectivity index (χ4v) is 3.33. The summed E-state index contributed by atoms with van der Waals surface area (Å²) in [5.41, 5.74) is 1.20. The fourth-order valence-electron chi connectivity index (χ4n) is 3.07. The van der Waals surface area contributed by atoms with Crippen molar-refractivity contribution >= 4 is 27.7 Å². The minimum Gasteiger partial charge on any atom is -0.357 e. The van der Waals surface area contributed by atoms with Crippen LogP contribution in [0.25, 0.3) is 0 Å². The Morgan fingerprint density at radius 2 is 1.96 bits per heavy atom. The SMILES string of the molecule is CCNC(=NCc1ccc(Br)cc1)NC1CCN(c2ccccn2)CC1. The zero-order chi connectivity index (χ0) is 18.2. The number of benzene rings is 1. The summed E-state index contributed by atoms with van der Waals surface area (Å²) in [6.45, 7) is 5.66. The van der Waals surface area contributed by atoms with E-state index in [0.717, 1.165) is 48.7 Å². The number of aromatic nitrogens is 1. The van der Waals surface area contributed by atoms with Gasteiger partial charge in [-0.25, -0.2) is 9.98 Å². The fraction of sp³-hybridized carbons (Fsp3) is 0.400. The van der Waals surface area contributed by atoms with Crippen LogP contribution >= 0.6 is 15.9 Å². The first-order valence-corrected chi connectivity index (χ1v) is 9.99. The Bertz CT molecular complexity index is 694. The number of nitrogens with one attached hydrogen (secondary N) is 2. The molecule has 5 nitrogen and oxygen atoms in total. The molecule has 0 amide bonds. The summed E-state index contributed by atoms with van der Waals surface area (Å²) < 4.78 is 1.09. The molecule has 0 spiro atoms. The number of rotatable bonds is 5. The first-order chi connectivity index (χ1) is 12.7. The Kier molecular flexibility index (Phi) is 6.89. The lowest BCUT2D eigenvalue weighted by molar-refractivity contribution is 0.459. The molecule has 1 saturated heterocycles. The second-order valence-corrected chi connectivity index (χ2v) is 7.33. The predicted molar refractivity (Wildman–Crippen MR) is 112 cm³/mol. The topological polar surface area (TPSA) is 52.6 Å². The van der Waals surface area contributed by atoms with Crippen LogP contribution in [0.15, 0.2) is 58.1 Å². The number of pyridine rings is 1. The molecule has 0 unspecified atom stereocenters. The summed E-state index contributed by atoms with van der Waals surface area (Å²) in [5, 5.41) is 6.95. The molecule has 0 atom stereocenters. The number of nitrogens with zero attached hydrogens (tertiary/aromatic N) is 3. The molecule has 1 aliphatic rings. The summed E-state index contributed by atoms with van der Waals surface area (Å²) in [6.07, 6.45) is 4.02. The first-order valence-electron chi connectivity index (χ1n) is 9.20. The van der Waals surface area contributed by atoms with E-state index in [2.05, 4.69) is 73.7 Å². The highest BCUT2D eigenvalue weighted by Crippen LogP contribution is 2.17. The van der Waals surface area contributed by atoms with Crippen LogP contribution in [0.5, 0.6) is 0 Å².